The Balaban J connectivity index is 1.41. The lowest BCUT2D eigenvalue weighted by Gasteiger charge is -2.09. The molecule has 0 radical (unpaired) electrons. The zero-order chi connectivity index (χ0) is 19.5. The fourth-order valence-electron chi connectivity index (χ4n) is 2.86. The Morgan fingerprint density at radius 3 is 2.71 bits per heavy atom. The highest BCUT2D eigenvalue weighted by Crippen LogP contribution is 2.36. The summed E-state index contributed by atoms with van der Waals surface area (Å²) in [6.07, 6.45) is 2.24. The van der Waals surface area contributed by atoms with E-state index in [9.17, 15) is 13.6 Å². The number of carbonyl (C=O) groups is 1. The van der Waals surface area contributed by atoms with Gasteiger partial charge < -0.3 is 10.1 Å². The van der Waals surface area contributed by atoms with Gasteiger partial charge in [0.05, 0.1) is 12.5 Å². The van der Waals surface area contributed by atoms with Crippen LogP contribution in [0.15, 0.2) is 48.5 Å². The summed E-state index contributed by atoms with van der Waals surface area (Å²) in [6, 6.07) is 13.7. The maximum atomic E-state index is 12.3. The van der Waals surface area contributed by atoms with Gasteiger partial charge in [-0.2, -0.15) is 8.78 Å². The number of hydrogen-bond donors (Lipinski definition) is 1. The topological polar surface area (TPSA) is 81.9 Å². The smallest absolute Gasteiger partial charge is 0.387 e. The molecule has 1 aliphatic rings. The van der Waals surface area contributed by atoms with E-state index in [4.69, 9.17) is 0 Å². The Kier molecular flexibility index (Phi) is 4.96. The minimum atomic E-state index is -2.87. The number of aromatic nitrogens is 4. The molecule has 3 aromatic rings. The molecule has 1 saturated carbocycles. The predicted octanol–water partition coefficient (Wildman–Crippen LogP) is 3.46. The van der Waals surface area contributed by atoms with Crippen LogP contribution in [-0.4, -0.2) is 32.7 Å². The first-order valence-corrected chi connectivity index (χ1v) is 8.80. The van der Waals surface area contributed by atoms with Gasteiger partial charge >= 0.3 is 6.61 Å². The van der Waals surface area contributed by atoms with Crippen LogP contribution in [0, 0.1) is 0 Å². The molecule has 2 aromatic carbocycles. The number of tetrazole rings is 1. The molecule has 28 heavy (non-hydrogen) atoms. The first-order chi connectivity index (χ1) is 13.6. The normalized spacial score (nSPS) is 13.5. The standard InChI is InChI=1S/C19H17F2N5O2/c20-19(21)28-16-8-4-12(5-9-16)10-17(27)22-14-3-1-2-13(11-14)18-23-24-25-26(18)15-6-7-15/h1-5,8-9,11,15,19H,6-7,10H2,(H,22,27). The molecule has 0 saturated heterocycles. The Labute approximate surface area is 159 Å². The van der Waals surface area contributed by atoms with Crippen LogP contribution in [-0.2, 0) is 11.2 Å². The number of nitrogens with one attached hydrogen (secondary N) is 1. The molecule has 9 heteroatoms. The van der Waals surface area contributed by atoms with Crippen molar-refractivity contribution in [2.45, 2.75) is 31.9 Å². The summed E-state index contributed by atoms with van der Waals surface area (Å²) in [5.74, 6) is 0.509. The molecule has 1 aliphatic carbocycles. The lowest BCUT2D eigenvalue weighted by atomic mass is 10.1. The molecule has 0 unspecified atom stereocenters. The highest BCUT2D eigenvalue weighted by Gasteiger charge is 2.28. The Bertz CT molecular complexity index is 970. The summed E-state index contributed by atoms with van der Waals surface area (Å²) in [5.41, 5.74) is 2.14. The average Bonchev–Trinajstić information content (AvgIpc) is 3.39. The van der Waals surface area contributed by atoms with E-state index in [-0.39, 0.29) is 18.1 Å². The largest absolute Gasteiger partial charge is 0.435 e. The lowest BCUT2D eigenvalue weighted by molar-refractivity contribution is -0.115. The van der Waals surface area contributed by atoms with Gasteiger partial charge in [-0.1, -0.05) is 24.3 Å². The van der Waals surface area contributed by atoms with E-state index in [0.29, 0.717) is 23.1 Å². The van der Waals surface area contributed by atoms with Crippen LogP contribution < -0.4 is 10.1 Å². The van der Waals surface area contributed by atoms with Gasteiger partial charge in [0.2, 0.25) is 5.91 Å². The quantitative estimate of drug-likeness (QED) is 0.674. The van der Waals surface area contributed by atoms with Gasteiger partial charge in [-0.05, 0) is 53.1 Å². The van der Waals surface area contributed by atoms with E-state index in [0.717, 1.165) is 18.4 Å². The van der Waals surface area contributed by atoms with Crippen LogP contribution in [0.25, 0.3) is 11.4 Å². The van der Waals surface area contributed by atoms with Crippen LogP contribution in [0.1, 0.15) is 24.4 Å². The highest BCUT2D eigenvalue weighted by atomic mass is 19.3. The Morgan fingerprint density at radius 1 is 1.21 bits per heavy atom. The average molecular weight is 385 g/mol. The fourth-order valence-corrected chi connectivity index (χ4v) is 2.86. The molecule has 0 aliphatic heterocycles. The molecular weight excluding hydrogens is 368 g/mol. The minimum Gasteiger partial charge on any atom is -0.435 e. The van der Waals surface area contributed by atoms with Gasteiger partial charge in [0.1, 0.15) is 5.75 Å². The second-order valence-electron chi connectivity index (χ2n) is 6.51. The van der Waals surface area contributed by atoms with Crippen LogP contribution in [0.4, 0.5) is 14.5 Å². The molecule has 0 spiro atoms. The molecule has 1 N–H and O–H groups in total. The molecular formula is C19H17F2N5O2. The number of ether oxygens (including phenoxy) is 1. The number of alkyl halides is 2. The number of hydrogen-bond acceptors (Lipinski definition) is 5. The van der Waals surface area contributed by atoms with Gasteiger partial charge in [-0.25, -0.2) is 4.68 Å². The summed E-state index contributed by atoms with van der Waals surface area (Å²) in [4.78, 5) is 12.3. The summed E-state index contributed by atoms with van der Waals surface area (Å²) in [5, 5.41) is 14.7. The first-order valence-electron chi connectivity index (χ1n) is 8.80. The summed E-state index contributed by atoms with van der Waals surface area (Å²) >= 11 is 0. The molecule has 1 fully saturated rings. The molecule has 1 amide bonds. The maximum Gasteiger partial charge on any atom is 0.387 e. The first kappa shape index (κ1) is 18.0. The van der Waals surface area contributed by atoms with Gasteiger partial charge in [0.25, 0.3) is 0 Å². The molecule has 4 rings (SSSR count). The van der Waals surface area contributed by atoms with E-state index in [2.05, 4.69) is 25.6 Å². The number of rotatable bonds is 7. The lowest BCUT2D eigenvalue weighted by Crippen LogP contribution is -2.14. The van der Waals surface area contributed by atoms with E-state index >= 15 is 0 Å². The second kappa shape index (κ2) is 7.71. The van der Waals surface area contributed by atoms with Crippen molar-refractivity contribution >= 4 is 11.6 Å². The van der Waals surface area contributed by atoms with E-state index in [1.54, 1.807) is 18.2 Å². The number of amides is 1. The summed E-state index contributed by atoms with van der Waals surface area (Å²) < 4.78 is 30.5. The number of anilines is 1. The van der Waals surface area contributed by atoms with Crippen molar-refractivity contribution in [3.63, 3.8) is 0 Å². The SMILES string of the molecule is O=C(Cc1ccc(OC(F)F)cc1)Nc1cccc(-c2nnnn2C2CC2)c1. The van der Waals surface area contributed by atoms with Crippen molar-refractivity contribution in [2.75, 3.05) is 5.32 Å². The van der Waals surface area contributed by atoms with Crippen molar-refractivity contribution in [3.05, 3.63) is 54.1 Å². The zero-order valence-corrected chi connectivity index (χ0v) is 14.8. The number of carbonyl (C=O) groups excluding carboxylic acids is 1. The third kappa shape index (κ3) is 4.30. The second-order valence-corrected chi connectivity index (χ2v) is 6.51. The predicted molar refractivity (Wildman–Crippen MR) is 96.9 cm³/mol. The third-order valence-electron chi connectivity index (χ3n) is 4.30. The van der Waals surface area contributed by atoms with Crippen molar-refractivity contribution in [1.29, 1.82) is 0 Å². The van der Waals surface area contributed by atoms with Gasteiger partial charge in [-0.3, -0.25) is 4.79 Å². The summed E-state index contributed by atoms with van der Waals surface area (Å²) in [6.45, 7) is -2.87. The van der Waals surface area contributed by atoms with Crippen LogP contribution in [0.3, 0.4) is 0 Å². The zero-order valence-electron chi connectivity index (χ0n) is 14.8. The van der Waals surface area contributed by atoms with Crippen LogP contribution in [0.5, 0.6) is 5.75 Å². The molecule has 1 aromatic heterocycles. The fraction of sp³-hybridized carbons (Fsp3) is 0.263. The Morgan fingerprint density at radius 2 is 2.00 bits per heavy atom. The van der Waals surface area contributed by atoms with Crippen molar-refractivity contribution < 1.29 is 18.3 Å². The van der Waals surface area contributed by atoms with Crippen LogP contribution >= 0.6 is 0 Å². The van der Waals surface area contributed by atoms with E-state index in [1.807, 2.05) is 22.9 Å². The summed E-state index contributed by atoms with van der Waals surface area (Å²) in [7, 11) is 0. The molecule has 0 bridgehead atoms. The van der Waals surface area contributed by atoms with Gasteiger partial charge in [0.15, 0.2) is 5.82 Å². The Hall–Kier alpha value is -3.36. The van der Waals surface area contributed by atoms with Crippen LogP contribution in [0.2, 0.25) is 0 Å². The van der Waals surface area contributed by atoms with Gasteiger partial charge in [-0.15, -0.1) is 5.10 Å². The number of benzene rings is 2. The monoisotopic (exact) mass is 385 g/mol. The van der Waals surface area contributed by atoms with Crippen molar-refractivity contribution in [2.24, 2.45) is 0 Å². The van der Waals surface area contributed by atoms with Crippen molar-refractivity contribution in [1.82, 2.24) is 20.2 Å². The number of halogens is 2. The number of nitrogens with zero attached hydrogens (tertiary/aromatic N) is 4. The molecule has 7 nitrogen and oxygen atoms in total. The van der Waals surface area contributed by atoms with Gasteiger partial charge in [0, 0.05) is 11.3 Å². The maximum absolute atomic E-state index is 12.3. The molecule has 1 heterocycles. The molecule has 0 atom stereocenters. The van der Waals surface area contributed by atoms with E-state index in [1.165, 1.54) is 12.1 Å². The third-order valence-corrected chi connectivity index (χ3v) is 4.30. The van der Waals surface area contributed by atoms with Crippen molar-refractivity contribution in [3.8, 4) is 17.1 Å². The van der Waals surface area contributed by atoms with E-state index < -0.39 is 6.61 Å². The molecule has 144 valence electrons. The highest BCUT2D eigenvalue weighted by molar-refractivity contribution is 5.92. The minimum absolute atomic E-state index is 0.0558.